The average Bonchev–Trinajstić information content (AvgIpc) is 3.55. The minimum absolute atomic E-state index is 0.0926. The van der Waals surface area contributed by atoms with E-state index in [0.717, 1.165) is 9.80 Å². The van der Waals surface area contributed by atoms with Gasteiger partial charge in [0.2, 0.25) is 54.3 Å². The third-order valence-corrected chi connectivity index (χ3v) is 7.10. The van der Waals surface area contributed by atoms with Gasteiger partial charge in [-0.1, -0.05) is 17.4 Å². The van der Waals surface area contributed by atoms with E-state index in [1.165, 1.54) is 51.2 Å². The van der Waals surface area contributed by atoms with Crippen molar-refractivity contribution in [3.05, 3.63) is 35.5 Å². The molecule has 0 saturated carbocycles. The van der Waals surface area contributed by atoms with Crippen molar-refractivity contribution in [2.24, 2.45) is 102 Å². The van der Waals surface area contributed by atoms with Gasteiger partial charge in [-0.05, 0) is 0 Å². The van der Waals surface area contributed by atoms with Crippen molar-refractivity contribution in [1.82, 2.24) is 77.1 Å². The number of nitriles is 9. The van der Waals surface area contributed by atoms with Crippen LogP contribution < -0.4 is 94.4 Å². The highest BCUT2D eigenvalue weighted by Crippen LogP contribution is 1.88. The van der Waals surface area contributed by atoms with Crippen molar-refractivity contribution in [3.8, 4) is 55.7 Å². The Hall–Kier alpha value is -14.3. The summed E-state index contributed by atoms with van der Waals surface area (Å²) in [5, 5.41) is 93.8. The maximum Gasteiger partial charge on any atom is 0.261 e. The van der Waals surface area contributed by atoms with Crippen LogP contribution in [-0.2, 0) is 0 Å². The number of nitrogens with one attached hydrogen (secondary N) is 9. The molecule has 0 heterocycles. The summed E-state index contributed by atoms with van der Waals surface area (Å²) in [6.07, 6.45) is 14.8. The molecule has 0 fully saturated rings. The first kappa shape index (κ1) is 105. The Balaban J connectivity index is -0.0000000751. The predicted molar refractivity (Wildman–Crippen MR) is 355 cm³/mol. The quantitative estimate of drug-likeness (QED) is 0.0305. The molecular weight excluding hydrogens is 1180 g/mol. The molecule has 0 aliphatic carbocycles. The first-order chi connectivity index (χ1) is 42.5. The van der Waals surface area contributed by atoms with Gasteiger partial charge in [-0.25, -0.2) is 0 Å². The molecule has 0 aromatic carbocycles. The molecule has 46 nitrogen and oxygen atoms in total. The second-order valence-electron chi connectivity index (χ2n) is 14.1. The van der Waals surface area contributed by atoms with E-state index < -0.39 is 0 Å². The first-order valence-corrected chi connectivity index (χ1v) is 23.6. The molecule has 0 amide bonds. The zero-order valence-corrected chi connectivity index (χ0v) is 55.4. The summed E-state index contributed by atoms with van der Waals surface area (Å²) >= 11 is 0. The van der Waals surface area contributed by atoms with Gasteiger partial charge in [-0.3, -0.25) is 71.0 Å². The van der Waals surface area contributed by atoms with Crippen LogP contribution in [0.25, 0.3) is 9.91 Å². The lowest BCUT2D eigenvalue weighted by atomic mass is 10.7. The van der Waals surface area contributed by atoms with Gasteiger partial charge in [-0.15, -0.1) is 15.0 Å². The van der Waals surface area contributed by atoms with Crippen molar-refractivity contribution in [2.45, 2.75) is 0 Å². The fraction of sp³-hybridized carbons (Fsp3) is 0.467. The number of hydrogen-bond donors (Lipinski definition) is 18. The van der Waals surface area contributed by atoms with E-state index in [2.05, 4.69) is 109 Å². The number of guanidine groups is 11. The molecule has 0 unspecified atom stereocenters. The monoisotopic (exact) mass is 1280 g/mol. The van der Waals surface area contributed by atoms with Crippen LogP contribution in [-0.4, -0.2) is 248 Å². The standard InChI is InChI=1S/C5H10N4.C5H6N4.2C4H5N5.4C4H8N4.3C3H9N3.C2H7N3/c1-7-5(8-4-6)9(2)3;1-5(8-7-2)9(3)4-6;1-9(3-6)4(7)8-2-5;1-7-4(8-2-5)9-3-6;2*1-8(2)4(6)7-3-5;1-7-4(6)8(2)3-5;1-5-4(6-2)8-7-3;1-6(2)3(4)5;2*1-5-3(4)6-2;1-5-2(3)4/h1-3H3,(H,7,8);8H,1H2,3H3;1H3,(H2,7,8);1H3,(H2,7,8,9);3*1-2H3,(H2,6,7);1-2H3,(H2,5,6,8);1-2H3,(H3,4,5);2*1-2H3,(H3,4,5,6);1H3,(H4,3,4,5). The van der Waals surface area contributed by atoms with Crippen molar-refractivity contribution >= 4 is 65.6 Å². The van der Waals surface area contributed by atoms with Crippen LogP contribution >= 0.6 is 0 Å². The topological polar surface area (TPSA) is 723 Å². The van der Waals surface area contributed by atoms with Crippen molar-refractivity contribution < 1.29 is 0 Å². The third kappa shape index (κ3) is 101. The zero-order chi connectivity index (χ0) is 74.5. The van der Waals surface area contributed by atoms with Gasteiger partial charge in [0, 0.05) is 148 Å². The average molecular weight is 1280 g/mol. The number of nitrogens with zero attached hydrogens (tertiary/aromatic N) is 28. The Morgan fingerprint density at radius 3 is 0.868 bits per heavy atom. The van der Waals surface area contributed by atoms with Crippen LogP contribution in [0.5, 0.6) is 0 Å². The second-order valence-corrected chi connectivity index (χ2v) is 14.1. The third-order valence-electron chi connectivity index (χ3n) is 7.10. The molecule has 0 aromatic rings. The molecule has 0 aliphatic rings. The number of nitrogens with two attached hydrogens (primary N) is 9. The predicted octanol–water partition coefficient (Wildman–Crippen LogP) is -7.51. The van der Waals surface area contributed by atoms with Crippen LogP contribution in [0.1, 0.15) is 0 Å². The van der Waals surface area contributed by atoms with Crippen LogP contribution in [0.2, 0.25) is 0 Å². The lowest BCUT2D eigenvalue weighted by Gasteiger charge is -2.11. The Morgan fingerprint density at radius 1 is 0.418 bits per heavy atom. The van der Waals surface area contributed by atoms with Gasteiger partial charge in [0.05, 0.1) is 0 Å². The first-order valence-electron chi connectivity index (χ1n) is 23.6. The van der Waals surface area contributed by atoms with Crippen LogP contribution in [0.3, 0.4) is 0 Å². The normalized spacial score (nSPS) is 9.16. The number of hydrogen-bond acceptors (Lipinski definition) is 22. The molecule has 0 spiro atoms. The molecular formula is C45H92N46. The van der Waals surface area contributed by atoms with Gasteiger partial charge < -0.3 is 87.2 Å². The molecule has 46 heteroatoms. The summed E-state index contributed by atoms with van der Waals surface area (Å²) in [7, 11) is 34.6. The van der Waals surface area contributed by atoms with E-state index in [-0.39, 0.29) is 47.5 Å². The molecule has 0 saturated heterocycles. The van der Waals surface area contributed by atoms with E-state index in [1.54, 1.807) is 163 Å². The highest BCUT2D eigenvalue weighted by Gasteiger charge is 1.99. The highest BCUT2D eigenvalue weighted by molar-refractivity contribution is 5.83. The lowest BCUT2D eigenvalue weighted by molar-refractivity contribution is 0.554. The zero-order valence-electron chi connectivity index (χ0n) is 55.4. The minimum Gasteiger partial charge on any atom is -0.370 e. The molecule has 27 N–H and O–H groups in total. The fourth-order valence-electron chi connectivity index (χ4n) is 2.04. The van der Waals surface area contributed by atoms with Crippen LogP contribution in [0.4, 0.5) is 0 Å². The Kier molecular flexibility index (Phi) is 94.8. The SMILES string of the molecule is CN(C#N)C(N)=NC#N.CN(C)C(=N)N.CN(C)C(N)=NC#N.CN(C)C(N)=NC#N.CN=C(N)N.CN=C(N)N(C)C#N.CN=C(N)NC.CN=C(N)NC.CN=C(NC#N)N(C)C.CN=C(NC#N)NC#N.[C-]#[N+]NC(=C)N(C)C#N.[C-]#[N+]NC(=NC)NC. The summed E-state index contributed by atoms with van der Waals surface area (Å²) in [5.41, 5.74) is 49.9. The maximum absolute atomic E-state index is 8.20. The van der Waals surface area contributed by atoms with Crippen LogP contribution in [0, 0.1) is 122 Å². The maximum atomic E-state index is 8.20. The van der Waals surface area contributed by atoms with Crippen LogP contribution in [0.15, 0.2) is 62.3 Å². The second kappa shape index (κ2) is 82.2. The molecule has 0 bridgehead atoms. The van der Waals surface area contributed by atoms with Gasteiger partial charge in [0.25, 0.3) is 5.96 Å². The summed E-state index contributed by atoms with van der Waals surface area (Å²) < 4.78 is 0. The summed E-state index contributed by atoms with van der Waals surface area (Å²) in [6, 6.07) is 0. The molecule has 0 aromatic heterocycles. The molecule has 0 atom stereocenters. The smallest absolute Gasteiger partial charge is 0.261 e. The molecule has 91 heavy (non-hydrogen) atoms. The Morgan fingerprint density at radius 2 is 0.736 bits per heavy atom. The number of rotatable bonds is 2. The van der Waals surface area contributed by atoms with Gasteiger partial charge >= 0.3 is 0 Å². The molecule has 0 rings (SSSR count). The Bertz CT molecular complexity index is 2650. The largest absolute Gasteiger partial charge is 0.370 e. The van der Waals surface area contributed by atoms with E-state index >= 15 is 0 Å². The Labute approximate surface area is 534 Å². The molecule has 502 valence electrons. The molecule has 0 radical (unpaired) electrons. The van der Waals surface area contributed by atoms with Gasteiger partial charge in [-0.2, -0.15) is 70.4 Å². The van der Waals surface area contributed by atoms with E-state index in [1.807, 2.05) is 14.1 Å². The summed E-state index contributed by atoms with van der Waals surface area (Å²) in [6.45, 7) is 16.0. The van der Waals surface area contributed by atoms with Crippen molar-refractivity contribution in [1.29, 1.82) is 52.8 Å². The van der Waals surface area contributed by atoms with E-state index in [9.17, 15) is 0 Å². The van der Waals surface area contributed by atoms with E-state index in [0.29, 0.717) is 23.8 Å². The minimum atomic E-state index is -0.0972. The van der Waals surface area contributed by atoms with Gasteiger partial charge in [0.1, 0.15) is 0 Å². The summed E-state index contributed by atoms with van der Waals surface area (Å²) in [4.78, 5) is 50.1. The number of aliphatic imine (C=N–C) groups is 10. The van der Waals surface area contributed by atoms with Crippen molar-refractivity contribution in [2.75, 3.05) is 148 Å². The molecule has 0 aliphatic heterocycles. The van der Waals surface area contributed by atoms with E-state index in [4.69, 9.17) is 118 Å². The highest BCUT2D eigenvalue weighted by atomic mass is 15.4. The van der Waals surface area contributed by atoms with Crippen molar-refractivity contribution in [3.63, 3.8) is 0 Å². The fourth-order valence-corrected chi connectivity index (χ4v) is 2.04. The lowest BCUT2D eigenvalue weighted by Crippen LogP contribution is -2.32. The summed E-state index contributed by atoms with van der Waals surface area (Å²) in [5.74, 6) is 3.24. The van der Waals surface area contributed by atoms with Gasteiger partial charge in [0.15, 0.2) is 66.8 Å².